The van der Waals surface area contributed by atoms with Crippen LogP contribution in [0.2, 0.25) is 0 Å². The van der Waals surface area contributed by atoms with E-state index in [9.17, 15) is 4.79 Å². The SMILES string of the molecule is O=C(CNCC1CC1)c1ccccc1C1CCC1. The zero-order chi connectivity index (χ0) is 12.4. The van der Waals surface area contributed by atoms with Crippen molar-refractivity contribution >= 4 is 5.78 Å². The monoisotopic (exact) mass is 243 g/mol. The lowest BCUT2D eigenvalue weighted by atomic mass is 9.77. The van der Waals surface area contributed by atoms with E-state index >= 15 is 0 Å². The molecule has 1 aromatic carbocycles. The molecule has 2 aliphatic carbocycles. The van der Waals surface area contributed by atoms with E-state index in [0.29, 0.717) is 12.5 Å². The minimum atomic E-state index is 0.262. The number of carbonyl (C=O) groups excluding carboxylic acids is 1. The van der Waals surface area contributed by atoms with Crippen LogP contribution in [0.25, 0.3) is 0 Å². The predicted molar refractivity (Wildman–Crippen MR) is 73.0 cm³/mol. The zero-order valence-corrected chi connectivity index (χ0v) is 10.8. The first-order valence-corrected chi connectivity index (χ1v) is 7.17. The van der Waals surface area contributed by atoms with E-state index in [1.54, 1.807) is 0 Å². The van der Waals surface area contributed by atoms with Gasteiger partial charge in [0.05, 0.1) is 6.54 Å². The highest BCUT2D eigenvalue weighted by Gasteiger charge is 2.24. The fourth-order valence-corrected chi connectivity index (χ4v) is 2.63. The Balaban J connectivity index is 1.63. The first-order chi connectivity index (χ1) is 8.84. The topological polar surface area (TPSA) is 29.1 Å². The molecule has 3 rings (SSSR count). The lowest BCUT2D eigenvalue weighted by Gasteiger charge is -2.27. The third kappa shape index (κ3) is 2.64. The highest BCUT2D eigenvalue weighted by atomic mass is 16.1. The molecular formula is C16H21NO. The van der Waals surface area contributed by atoms with Crippen LogP contribution >= 0.6 is 0 Å². The molecule has 1 N–H and O–H groups in total. The number of nitrogens with one attached hydrogen (secondary N) is 1. The molecular weight excluding hydrogens is 222 g/mol. The van der Waals surface area contributed by atoms with Crippen molar-refractivity contribution < 1.29 is 4.79 Å². The standard InChI is InChI=1S/C16H21NO/c18-16(11-17-10-12-8-9-12)15-7-2-1-6-14(15)13-4-3-5-13/h1-2,6-7,12-13,17H,3-5,8-11H2. The van der Waals surface area contributed by atoms with Gasteiger partial charge in [-0.25, -0.2) is 0 Å². The van der Waals surface area contributed by atoms with Crippen LogP contribution in [0.15, 0.2) is 24.3 Å². The van der Waals surface area contributed by atoms with Gasteiger partial charge < -0.3 is 5.32 Å². The van der Waals surface area contributed by atoms with Gasteiger partial charge in [-0.05, 0) is 49.6 Å². The van der Waals surface area contributed by atoms with E-state index in [1.807, 2.05) is 12.1 Å². The number of hydrogen-bond donors (Lipinski definition) is 1. The van der Waals surface area contributed by atoms with E-state index in [2.05, 4.69) is 17.4 Å². The van der Waals surface area contributed by atoms with Gasteiger partial charge in [0.2, 0.25) is 0 Å². The van der Waals surface area contributed by atoms with Crippen LogP contribution in [-0.4, -0.2) is 18.9 Å². The van der Waals surface area contributed by atoms with Crippen LogP contribution in [0.1, 0.15) is 53.9 Å². The molecule has 2 nitrogen and oxygen atoms in total. The maximum absolute atomic E-state index is 12.2. The largest absolute Gasteiger partial charge is 0.309 e. The van der Waals surface area contributed by atoms with Crippen molar-refractivity contribution in [1.29, 1.82) is 0 Å². The van der Waals surface area contributed by atoms with Gasteiger partial charge in [0.15, 0.2) is 5.78 Å². The smallest absolute Gasteiger partial charge is 0.176 e. The summed E-state index contributed by atoms with van der Waals surface area (Å²) in [5, 5.41) is 3.30. The van der Waals surface area contributed by atoms with Crippen LogP contribution in [-0.2, 0) is 0 Å². The molecule has 0 atom stereocenters. The van der Waals surface area contributed by atoms with Gasteiger partial charge in [0.1, 0.15) is 0 Å². The Morgan fingerprint density at radius 3 is 2.61 bits per heavy atom. The second-order valence-electron chi connectivity index (χ2n) is 5.71. The molecule has 0 heterocycles. The molecule has 0 radical (unpaired) electrons. The molecule has 0 amide bonds. The fourth-order valence-electron chi connectivity index (χ4n) is 2.63. The molecule has 1 aromatic rings. The first kappa shape index (κ1) is 11.9. The Bertz CT molecular complexity index is 432. The Morgan fingerprint density at radius 2 is 1.94 bits per heavy atom. The van der Waals surface area contributed by atoms with Crippen molar-refractivity contribution in [3.8, 4) is 0 Å². The number of Topliss-reactive ketones (excluding diaryl/α,β-unsaturated/α-hetero) is 1. The van der Waals surface area contributed by atoms with Crippen molar-refractivity contribution in [2.45, 2.75) is 38.0 Å². The van der Waals surface area contributed by atoms with Gasteiger partial charge in [-0.1, -0.05) is 30.7 Å². The number of benzene rings is 1. The summed E-state index contributed by atoms with van der Waals surface area (Å²) in [5.41, 5.74) is 2.23. The van der Waals surface area contributed by atoms with Crippen LogP contribution in [0.5, 0.6) is 0 Å². The fraction of sp³-hybridized carbons (Fsp3) is 0.562. The van der Waals surface area contributed by atoms with Gasteiger partial charge in [-0.3, -0.25) is 4.79 Å². The highest BCUT2D eigenvalue weighted by molar-refractivity contribution is 5.99. The third-order valence-corrected chi connectivity index (χ3v) is 4.22. The quantitative estimate of drug-likeness (QED) is 0.778. The average Bonchev–Trinajstić information content (AvgIpc) is 3.11. The van der Waals surface area contributed by atoms with Crippen LogP contribution in [0.3, 0.4) is 0 Å². The molecule has 2 saturated carbocycles. The van der Waals surface area contributed by atoms with Gasteiger partial charge in [-0.15, -0.1) is 0 Å². The minimum Gasteiger partial charge on any atom is -0.309 e. The zero-order valence-electron chi connectivity index (χ0n) is 10.8. The minimum absolute atomic E-state index is 0.262. The van der Waals surface area contributed by atoms with Gasteiger partial charge in [0.25, 0.3) is 0 Å². The summed E-state index contributed by atoms with van der Waals surface area (Å²) in [7, 11) is 0. The Morgan fingerprint density at radius 1 is 1.17 bits per heavy atom. The maximum Gasteiger partial charge on any atom is 0.176 e. The third-order valence-electron chi connectivity index (χ3n) is 4.22. The molecule has 96 valence electrons. The summed E-state index contributed by atoms with van der Waals surface area (Å²) in [5.74, 6) is 1.73. The van der Waals surface area contributed by atoms with Crippen molar-refractivity contribution in [2.75, 3.05) is 13.1 Å². The molecule has 0 aliphatic heterocycles. The van der Waals surface area contributed by atoms with Crippen molar-refractivity contribution in [3.05, 3.63) is 35.4 Å². The number of hydrogen-bond acceptors (Lipinski definition) is 2. The summed E-state index contributed by atoms with van der Waals surface area (Å²) in [6.07, 6.45) is 6.48. The van der Waals surface area contributed by atoms with E-state index in [4.69, 9.17) is 0 Å². The number of ketones is 1. The number of carbonyl (C=O) groups is 1. The molecule has 18 heavy (non-hydrogen) atoms. The Kier molecular flexibility index (Phi) is 3.46. The second kappa shape index (κ2) is 5.23. The van der Waals surface area contributed by atoms with Crippen LogP contribution < -0.4 is 5.32 Å². The molecule has 0 saturated heterocycles. The summed E-state index contributed by atoms with van der Waals surface area (Å²) in [6, 6.07) is 8.17. The van der Waals surface area contributed by atoms with E-state index in [1.165, 1.54) is 37.7 Å². The predicted octanol–water partition coefficient (Wildman–Crippen LogP) is 3.14. The Hall–Kier alpha value is -1.15. The molecule has 2 heteroatoms. The van der Waals surface area contributed by atoms with Crippen molar-refractivity contribution in [1.82, 2.24) is 5.32 Å². The lowest BCUT2D eigenvalue weighted by molar-refractivity contribution is 0.0989. The van der Waals surface area contributed by atoms with Crippen molar-refractivity contribution in [3.63, 3.8) is 0 Å². The highest BCUT2D eigenvalue weighted by Crippen LogP contribution is 2.38. The molecule has 0 spiro atoms. The van der Waals surface area contributed by atoms with Crippen LogP contribution in [0, 0.1) is 5.92 Å². The summed E-state index contributed by atoms with van der Waals surface area (Å²) in [6.45, 7) is 1.51. The molecule has 2 fully saturated rings. The van der Waals surface area contributed by atoms with Gasteiger partial charge in [-0.2, -0.15) is 0 Å². The van der Waals surface area contributed by atoms with E-state index < -0.39 is 0 Å². The van der Waals surface area contributed by atoms with E-state index in [-0.39, 0.29) is 5.78 Å². The first-order valence-electron chi connectivity index (χ1n) is 7.17. The lowest BCUT2D eigenvalue weighted by Crippen LogP contribution is -2.26. The average molecular weight is 243 g/mol. The molecule has 2 aliphatic rings. The van der Waals surface area contributed by atoms with Gasteiger partial charge in [0, 0.05) is 5.56 Å². The molecule has 0 unspecified atom stereocenters. The summed E-state index contributed by atoms with van der Waals surface area (Å²) < 4.78 is 0. The van der Waals surface area contributed by atoms with Crippen LogP contribution in [0.4, 0.5) is 0 Å². The Labute approximate surface area is 109 Å². The summed E-state index contributed by atoms with van der Waals surface area (Å²) in [4.78, 5) is 12.2. The second-order valence-corrected chi connectivity index (χ2v) is 5.71. The normalized spacial score (nSPS) is 19.6. The van der Waals surface area contributed by atoms with Gasteiger partial charge >= 0.3 is 0 Å². The van der Waals surface area contributed by atoms with Crippen molar-refractivity contribution in [2.24, 2.45) is 5.92 Å². The van der Waals surface area contributed by atoms with E-state index in [0.717, 1.165) is 18.0 Å². The maximum atomic E-state index is 12.2. The molecule has 0 bridgehead atoms. The molecule has 0 aromatic heterocycles. The number of rotatable bonds is 6. The summed E-state index contributed by atoms with van der Waals surface area (Å²) >= 11 is 0.